The number of carbonyl (C=O) groups excluding carboxylic acids is 1. The highest BCUT2D eigenvalue weighted by Gasteiger charge is 2.59. The molecule has 4 aliphatic rings. The van der Waals surface area contributed by atoms with E-state index in [4.69, 9.17) is 21.6 Å². The molecule has 1 unspecified atom stereocenters. The zero-order valence-electron chi connectivity index (χ0n) is 17.1. The van der Waals surface area contributed by atoms with Gasteiger partial charge in [0.05, 0.1) is 29.3 Å². The summed E-state index contributed by atoms with van der Waals surface area (Å²) >= 11 is 6.21. The number of hydrogen-bond donors (Lipinski definition) is 0. The Hall–Kier alpha value is -2.98. The number of rotatable bonds is 5. The lowest BCUT2D eigenvalue weighted by molar-refractivity contribution is -0.138. The first-order valence-electron chi connectivity index (χ1n) is 10.5. The van der Waals surface area contributed by atoms with Gasteiger partial charge in [0, 0.05) is 30.0 Å². The molecule has 32 heavy (non-hydrogen) atoms. The molecule has 0 N–H and O–H groups in total. The molecule has 2 bridgehead atoms. The second kappa shape index (κ2) is 7.86. The van der Waals surface area contributed by atoms with E-state index in [1.807, 2.05) is 6.07 Å². The molecule has 2 aromatic carbocycles. The molecule has 6 rings (SSSR count). The number of nitrogens with zero attached hydrogens (tertiary/aromatic N) is 3. The maximum Gasteiger partial charge on any atom is 0.246 e. The minimum atomic E-state index is -0.667. The quantitative estimate of drug-likeness (QED) is 0.619. The van der Waals surface area contributed by atoms with Crippen LogP contribution >= 0.6 is 11.6 Å². The van der Waals surface area contributed by atoms with Gasteiger partial charge in [-0.3, -0.25) is 4.79 Å². The number of fused-ring (bicyclic) bond motifs is 1. The number of nitriles is 1. The first-order chi connectivity index (χ1) is 15.4. The van der Waals surface area contributed by atoms with E-state index in [0.29, 0.717) is 41.3 Å². The maximum absolute atomic E-state index is 13.7. The Kier molecular flexibility index (Phi) is 5.13. The van der Waals surface area contributed by atoms with Crippen LogP contribution in [0.1, 0.15) is 42.9 Å². The molecular formula is C24H20ClF2N3O2. The molecule has 0 saturated heterocycles. The summed E-state index contributed by atoms with van der Waals surface area (Å²) in [4.78, 5) is 13.3. The van der Waals surface area contributed by atoms with Gasteiger partial charge in [-0.15, -0.1) is 0 Å². The van der Waals surface area contributed by atoms with E-state index in [2.05, 4.69) is 5.10 Å². The van der Waals surface area contributed by atoms with Crippen LogP contribution in [-0.4, -0.2) is 23.7 Å². The van der Waals surface area contributed by atoms with Gasteiger partial charge in [-0.05, 0) is 61.1 Å². The zero-order chi connectivity index (χ0) is 22.5. The number of benzene rings is 2. The summed E-state index contributed by atoms with van der Waals surface area (Å²) in [7, 11) is 0. The van der Waals surface area contributed by atoms with Crippen molar-refractivity contribution in [2.24, 2.45) is 22.4 Å². The smallest absolute Gasteiger partial charge is 0.246 e. The van der Waals surface area contributed by atoms with Crippen molar-refractivity contribution in [3.8, 4) is 11.8 Å². The van der Waals surface area contributed by atoms with Crippen molar-refractivity contribution in [1.82, 2.24) is 5.01 Å². The molecule has 1 aliphatic heterocycles. The second-order valence-corrected chi connectivity index (χ2v) is 9.37. The zero-order valence-corrected chi connectivity index (χ0v) is 17.9. The SMILES string of the molecule is N#Cc1ccc(OCC23CC(C2)[C@@H](C(=O)N2N=CCC2c2cc(F)cc(F)c2)C3)c(Cl)c1. The molecule has 2 atom stereocenters. The van der Waals surface area contributed by atoms with Gasteiger partial charge >= 0.3 is 0 Å². The highest BCUT2D eigenvalue weighted by Crippen LogP contribution is 2.62. The Balaban J connectivity index is 1.26. The fraction of sp³-hybridized carbons (Fsp3) is 0.375. The third-order valence-electron chi connectivity index (χ3n) is 6.85. The monoisotopic (exact) mass is 455 g/mol. The summed E-state index contributed by atoms with van der Waals surface area (Å²) in [5, 5.41) is 15.0. The minimum Gasteiger partial charge on any atom is -0.491 e. The topological polar surface area (TPSA) is 65.7 Å². The van der Waals surface area contributed by atoms with E-state index in [1.165, 1.54) is 17.1 Å². The van der Waals surface area contributed by atoms with Gasteiger partial charge in [0.1, 0.15) is 17.4 Å². The Labute approximate surface area is 189 Å². The van der Waals surface area contributed by atoms with Crippen LogP contribution in [0.2, 0.25) is 5.02 Å². The van der Waals surface area contributed by atoms with E-state index >= 15 is 0 Å². The number of halogens is 3. The van der Waals surface area contributed by atoms with Gasteiger partial charge in [-0.25, -0.2) is 13.8 Å². The molecule has 3 fully saturated rings. The van der Waals surface area contributed by atoms with Crippen LogP contribution in [-0.2, 0) is 4.79 Å². The average Bonchev–Trinajstić information content (AvgIpc) is 3.45. The molecule has 1 amide bonds. The Morgan fingerprint density at radius 3 is 2.66 bits per heavy atom. The average molecular weight is 456 g/mol. The lowest BCUT2D eigenvalue weighted by Gasteiger charge is -2.38. The summed E-state index contributed by atoms with van der Waals surface area (Å²) in [5.74, 6) is -0.848. The number of ether oxygens (including phenoxy) is 1. The van der Waals surface area contributed by atoms with Crippen LogP contribution in [0.15, 0.2) is 41.5 Å². The summed E-state index contributed by atoms with van der Waals surface area (Å²) in [6.07, 6.45) is 4.50. The van der Waals surface area contributed by atoms with Crippen molar-refractivity contribution in [2.45, 2.75) is 31.7 Å². The highest BCUT2D eigenvalue weighted by atomic mass is 35.5. The van der Waals surface area contributed by atoms with Gasteiger partial charge in [-0.1, -0.05) is 11.6 Å². The van der Waals surface area contributed by atoms with Crippen LogP contribution in [0.4, 0.5) is 8.78 Å². The number of amides is 1. The van der Waals surface area contributed by atoms with Crippen molar-refractivity contribution in [1.29, 1.82) is 5.26 Å². The summed E-state index contributed by atoms with van der Waals surface area (Å²) in [6.45, 7) is 0.445. The van der Waals surface area contributed by atoms with Gasteiger partial charge in [0.2, 0.25) is 5.91 Å². The Morgan fingerprint density at radius 1 is 1.22 bits per heavy atom. The second-order valence-electron chi connectivity index (χ2n) is 8.96. The predicted molar refractivity (Wildman–Crippen MR) is 114 cm³/mol. The Bertz CT molecular complexity index is 1140. The van der Waals surface area contributed by atoms with Crippen molar-refractivity contribution in [3.05, 3.63) is 64.2 Å². The maximum atomic E-state index is 13.7. The first kappa shape index (κ1) is 20.9. The molecule has 3 aliphatic carbocycles. The van der Waals surface area contributed by atoms with E-state index in [-0.39, 0.29) is 23.2 Å². The first-order valence-corrected chi connectivity index (χ1v) is 10.9. The normalized spacial score (nSPS) is 27.8. The molecule has 0 aromatic heterocycles. The summed E-state index contributed by atoms with van der Waals surface area (Å²) in [6, 6.07) is 9.80. The third-order valence-corrected chi connectivity index (χ3v) is 7.15. The van der Waals surface area contributed by atoms with Gasteiger partial charge in [-0.2, -0.15) is 10.4 Å². The summed E-state index contributed by atoms with van der Waals surface area (Å²) in [5.41, 5.74) is 0.786. The van der Waals surface area contributed by atoms with Crippen LogP contribution in [0, 0.1) is 40.2 Å². The molecule has 3 saturated carbocycles. The van der Waals surface area contributed by atoms with Crippen molar-refractivity contribution < 1.29 is 18.3 Å². The molecule has 2 aromatic rings. The lowest BCUT2D eigenvalue weighted by Crippen LogP contribution is -2.36. The molecule has 164 valence electrons. The van der Waals surface area contributed by atoms with E-state index in [9.17, 15) is 13.6 Å². The van der Waals surface area contributed by atoms with Crippen LogP contribution in [0.25, 0.3) is 0 Å². The minimum absolute atomic E-state index is 0.0912. The van der Waals surface area contributed by atoms with Gasteiger partial charge < -0.3 is 4.74 Å². The molecule has 8 heteroatoms. The number of hydrazone groups is 1. The van der Waals surface area contributed by atoms with E-state index in [1.54, 1.807) is 24.4 Å². The standard InChI is InChI=1S/C24H20ClF2N3O2/c25-20-5-14(12-28)1-2-22(20)32-13-24-9-16(10-24)19(11-24)23(31)30-21(3-4-29-30)15-6-17(26)8-18(27)7-15/h1-2,4-8,16,19,21H,3,9-11,13H2/t16?,19-,21?,24?/m0/s1. The van der Waals surface area contributed by atoms with E-state index < -0.39 is 17.7 Å². The molecule has 0 radical (unpaired) electrons. The molecule has 1 heterocycles. The Morgan fingerprint density at radius 2 is 1.97 bits per heavy atom. The predicted octanol–water partition coefficient (Wildman–Crippen LogP) is 5.24. The fourth-order valence-corrected chi connectivity index (χ4v) is 5.60. The van der Waals surface area contributed by atoms with Crippen LogP contribution in [0.5, 0.6) is 5.75 Å². The van der Waals surface area contributed by atoms with Crippen LogP contribution in [0.3, 0.4) is 0 Å². The van der Waals surface area contributed by atoms with Crippen molar-refractivity contribution >= 4 is 23.7 Å². The van der Waals surface area contributed by atoms with Gasteiger partial charge in [0.15, 0.2) is 0 Å². The van der Waals surface area contributed by atoms with Crippen LogP contribution < -0.4 is 4.74 Å². The van der Waals surface area contributed by atoms with Gasteiger partial charge in [0.25, 0.3) is 0 Å². The lowest BCUT2D eigenvalue weighted by atomic mass is 9.70. The van der Waals surface area contributed by atoms with Crippen molar-refractivity contribution in [3.63, 3.8) is 0 Å². The third kappa shape index (κ3) is 3.63. The van der Waals surface area contributed by atoms with E-state index in [0.717, 1.165) is 18.9 Å². The number of carbonyl (C=O) groups is 1. The largest absolute Gasteiger partial charge is 0.491 e. The molecule has 0 spiro atoms. The highest BCUT2D eigenvalue weighted by molar-refractivity contribution is 6.32. The molecular weight excluding hydrogens is 436 g/mol. The molecule has 5 nitrogen and oxygen atoms in total. The van der Waals surface area contributed by atoms with Crippen molar-refractivity contribution in [2.75, 3.05) is 6.61 Å². The fourth-order valence-electron chi connectivity index (χ4n) is 5.36. The number of hydrogen-bond acceptors (Lipinski definition) is 4. The summed E-state index contributed by atoms with van der Waals surface area (Å²) < 4.78 is 33.4.